The normalized spacial score (nSPS) is 12.9. The van der Waals surface area contributed by atoms with Gasteiger partial charge in [-0.15, -0.1) is 0 Å². The van der Waals surface area contributed by atoms with Crippen LogP contribution in [0.4, 0.5) is 0 Å². The molecule has 0 aliphatic rings. The first-order valence-electron chi connectivity index (χ1n) is 8.26. The number of halogens is 4. The van der Waals surface area contributed by atoms with Gasteiger partial charge >= 0.3 is 5.97 Å². The Morgan fingerprint density at radius 1 is 1.07 bits per heavy atom. The third-order valence-corrected chi connectivity index (χ3v) is 7.50. The number of phenols is 1. The van der Waals surface area contributed by atoms with Crippen molar-refractivity contribution >= 4 is 115 Å². The first-order chi connectivity index (χ1) is 14.0. The van der Waals surface area contributed by atoms with Gasteiger partial charge in [-0.05, 0) is 120 Å². The second-order valence-electron chi connectivity index (χ2n) is 6.12. The number of aliphatic carboxylic acids is 1. The highest BCUT2D eigenvalue weighted by Gasteiger charge is 2.24. The molecule has 0 saturated carbocycles. The number of nitrogens with one attached hydrogen (secondary N) is 1. The van der Waals surface area contributed by atoms with E-state index in [1.807, 2.05) is 57.3 Å². The van der Waals surface area contributed by atoms with Crippen LogP contribution in [0.3, 0.4) is 0 Å². The molecule has 2 rings (SSSR count). The van der Waals surface area contributed by atoms with Crippen LogP contribution in [0.25, 0.3) is 0 Å². The van der Waals surface area contributed by atoms with Gasteiger partial charge in [-0.25, -0.2) is 4.79 Å². The van der Waals surface area contributed by atoms with E-state index in [4.69, 9.17) is 10.5 Å². The number of hydrogen-bond donors (Lipinski definition) is 5. The number of carboxylic acid groups (broad SMARTS) is 1. The highest BCUT2D eigenvalue weighted by molar-refractivity contribution is 14.1. The topological polar surface area (TPSA) is 122 Å². The third-order valence-electron chi connectivity index (χ3n) is 3.86. The van der Waals surface area contributed by atoms with Crippen LogP contribution in [0.15, 0.2) is 24.3 Å². The fraction of sp³-hybridized carbons (Fsp3) is 0.222. The number of aromatic hydroxyl groups is 1. The maximum atomic E-state index is 12.0. The quantitative estimate of drug-likeness (QED) is 0.203. The SMILES string of the molecule is NC(CS)C(=O)N[C@@H](Cc1cc(I)c(Oc2cc(I)c(O)c(I)c2)c(I)c1)C(=O)O. The number of carbonyl (C=O) groups excluding carboxylic acids is 1. The van der Waals surface area contributed by atoms with E-state index in [0.717, 1.165) is 12.7 Å². The van der Waals surface area contributed by atoms with Crippen molar-refractivity contribution in [3.05, 3.63) is 44.1 Å². The van der Waals surface area contributed by atoms with Gasteiger partial charge in [-0.3, -0.25) is 4.79 Å². The van der Waals surface area contributed by atoms with Gasteiger partial charge in [0.2, 0.25) is 5.91 Å². The molecule has 1 amide bonds. The predicted molar refractivity (Wildman–Crippen MR) is 151 cm³/mol. The molecule has 162 valence electrons. The average molecular weight is 880 g/mol. The van der Waals surface area contributed by atoms with Crippen molar-refractivity contribution in [2.24, 2.45) is 5.73 Å². The number of thiol groups is 1. The molecule has 0 aliphatic carbocycles. The molecule has 0 spiro atoms. The van der Waals surface area contributed by atoms with Crippen LogP contribution in [0.1, 0.15) is 5.56 Å². The van der Waals surface area contributed by atoms with E-state index in [9.17, 15) is 19.8 Å². The Labute approximate surface area is 233 Å². The van der Waals surface area contributed by atoms with Crippen molar-refractivity contribution in [1.82, 2.24) is 5.32 Å². The fourth-order valence-electron chi connectivity index (χ4n) is 2.34. The number of ether oxygens (including phenoxy) is 1. The highest BCUT2D eigenvalue weighted by atomic mass is 127. The van der Waals surface area contributed by atoms with Crippen molar-refractivity contribution in [2.45, 2.75) is 18.5 Å². The Bertz CT molecular complexity index is 930. The molecule has 2 atom stereocenters. The number of rotatable bonds is 8. The molecular formula is C18H16I4N2O5S. The molecule has 7 nitrogen and oxygen atoms in total. The molecule has 0 fully saturated rings. The van der Waals surface area contributed by atoms with E-state index in [-0.39, 0.29) is 17.9 Å². The summed E-state index contributed by atoms with van der Waals surface area (Å²) >= 11 is 12.3. The molecule has 0 bridgehead atoms. The standard InChI is InChI=1S/C18H16I4N2O5S/c19-9-4-8(5-10(20)15(9)25)29-16-11(21)1-7(2-12(16)22)3-14(18(27)28)24-17(26)13(23)6-30/h1-2,4-5,13-14,25,30H,3,6,23H2,(H,24,26)(H,27,28)/t13?,14-/m0/s1. The lowest BCUT2D eigenvalue weighted by Gasteiger charge is -2.18. The second-order valence-corrected chi connectivity index (χ2v) is 11.1. The Hall–Kier alpha value is 0.210. The summed E-state index contributed by atoms with van der Waals surface area (Å²) in [6.45, 7) is 0. The van der Waals surface area contributed by atoms with Crippen LogP contribution < -0.4 is 15.8 Å². The molecule has 0 radical (unpaired) electrons. The van der Waals surface area contributed by atoms with Crippen LogP contribution in [0.2, 0.25) is 0 Å². The lowest BCUT2D eigenvalue weighted by Crippen LogP contribution is -2.50. The molecule has 0 aliphatic heterocycles. The Morgan fingerprint density at radius 2 is 1.60 bits per heavy atom. The van der Waals surface area contributed by atoms with Crippen molar-refractivity contribution < 1.29 is 24.5 Å². The van der Waals surface area contributed by atoms with E-state index < -0.39 is 24.0 Å². The molecule has 2 aromatic carbocycles. The lowest BCUT2D eigenvalue weighted by atomic mass is 10.1. The van der Waals surface area contributed by atoms with E-state index in [2.05, 4.69) is 63.1 Å². The van der Waals surface area contributed by atoms with Crippen molar-refractivity contribution in [3.63, 3.8) is 0 Å². The number of benzene rings is 2. The van der Waals surface area contributed by atoms with Crippen LogP contribution in [0, 0.1) is 14.3 Å². The smallest absolute Gasteiger partial charge is 0.326 e. The molecule has 12 heteroatoms. The zero-order chi connectivity index (χ0) is 22.6. The molecule has 0 heterocycles. The summed E-state index contributed by atoms with van der Waals surface area (Å²) in [6.07, 6.45) is 0.0989. The zero-order valence-electron chi connectivity index (χ0n) is 15.0. The fourth-order valence-corrected chi connectivity index (χ4v) is 6.34. The molecule has 0 aromatic heterocycles. The van der Waals surface area contributed by atoms with E-state index in [0.29, 0.717) is 18.6 Å². The maximum absolute atomic E-state index is 12.0. The number of carboxylic acids is 1. The van der Waals surface area contributed by atoms with Crippen LogP contribution in [-0.2, 0) is 16.0 Å². The summed E-state index contributed by atoms with van der Waals surface area (Å²) in [7, 11) is 0. The number of phenolic OH excluding ortho intramolecular Hbond substituents is 1. The van der Waals surface area contributed by atoms with Crippen LogP contribution in [0.5, 0.6) is 17.2 Å². The molecule has 30 heavy (non-hydrogen) atoms. The summed E-state index contributed by atoms with van der Waals surface area (Å²) in [5, 5.41) is 21.8. The number of carbonyl (C=O) groups is 2. The van der Waals surface area contributed by atoms with Gasteiger partial charge in [0.15, 0.2) is 5.75 Å². The largest absolute Gasteiger partial charge is 0.506 e. The molecule has 1 unspecified atom stereocenters. The number of amides is 1. The van der Waals surface area contributed by atoms with Crippen molar-refractivity contribution in [3.8, 4) is 17.2 Å². The summed E-state index contributed by atoms with van der Waals surface area (Å²) in [6, 6.07) is 5.12. The first kappa shape index (κ1) is 26.5. The number of nitrogens with two attached hydrogens (primary N) is 1. The van der Waals surface area contributed by atoms with Gasteiger partial charge in [0, 0.05) is 12.2 Å². The Morgan fingerprint density at radius 3 is 2.07 bits per heavy atom. The maximum Gasteiger partial charge on any atom is 0.326 e. The van der Waals surface area contributed by atoms with Gasteiger partial charge in [0.05, 0.1) is 20.3 Å². The second kappa shape index (κ2) is 11.9. The summed E-state index contributed by atoms with van der Waals surface area (Å²) in [5.41, 5.74) is 6.35. The van der Waals surface area contributed by atoms with Gasteiger partial charge in [0.1, 0.15) is 17.5 Å². The zero-order valence-corrected chi connectivity index (χ0v) is 24.6. The molecule has 0 saturated heterocycles. The number of hydrogen-bond acceptors (Lipinski definition) is 6. The van der Waals surface area contributed by atoms with Crippen LogP contribution >= 0.6 is 103 Å². The molecule has 2 aromatic rings. The van der Waals surface area contributed by atoms with Gasteiger partial charge < -0.3 is 26.0 Å². The first-order valence-corrected chi connectivity index (χ1v) is 13.2. The van der Waals surface area contributed by atoms with Crippen molar-refractivity contribution in [2.75, 3.05) is 5.75 Å². The van der Waals surface area contributed by atoms with Crippen LogP contribution in [-0.4, -0.2) is 39.9 Å². The van der Waals surface area contributed by atoms with Gasteiger partial charge in [0.25, 0.3) is 0 Å². The minimum atomic E-state index is -1.15. The molecular weight excluding hydrogens is 864 g/mol. The lowest BCUT2D eigenvalue weighted by molar-refractivity contribution is -0.141. The Kier molecular flexibility index (Phi) is 10.5. The van der Waals surface area contributed by atoms with Gasteiger partial charge in [-0.2, -0.15) is 12.6 Å². The molecule has 5 N–H and O–H groups in total. The van der Waals surface area contributed by atoms with E-state index >= 15 is 0 Å². The van der Waals surface area contributed by atoms with E-state index in [1.54, 1.807) is 12.1 Å². The van der Waals surface area contributed by atoms with E-state index in [1.165, 1.54) is 0 Å². The highest BCUT2D eigenvalue weighted by Crippen LogP contribution is 2.37. The summed E-state index contributed by atoms with van der Waals surface area (Å²) in [4.78, 5) is 23.6. The van der Waals surface area contributed by atoms with Crippen molar-refractivity contribution in [1.29, 1.82) is 0 Å². The third kappa shape index (κ3) is 7.11. The summed E-state index contributed by atoms with van der Waals surface area (Å²) in [5.74, 6) is -0.157. The van der Waals surface area contributed by atoms with Gasteiger partial charge in [-0.1, -0.05) is 0 Å². The Balaban J connectivity index is 2.24. The predicted octanol–water partition coefficient (Wildman–Crippen LogP) is 3.97. The minimum Gasteiger partial charge on any atom is -0.506 e. The summed E-state index contributed by atoms with van der Waals surface area (Å²) < 4.78 is 8.96. The minimum absolute atomic E-state index is 0.0989. The monoisotopic (exact) mass is 880 g/mol. The average Bonchev–Trinajstić information content (AvgIpc) is 2.67.